The van der Waals surface area contributed by atoms with E-state index in [0.717, 1.165) is 45.6 Å². The van der Waals surface area contributed by atoms with Gasteiger partial charge < -0.3 is 14.6 Å². The number of amides is 1. The van der Waals surface area contributed by atoms with Crippen molar-refractivity contribution in [1.29, 1.82) is 0 Å². The molecule has 0 saturated heterocycles. The average molecular weight is 462 g/mol. The van der Waals surface area contributed by atoms with Crippen LogP contribution in [0, 0.1) is 12.8 Å². The topological polar surface area (TPSA) is 56.1 Å². The van der Waals surface area contributed by atoms with Crippen molar-refractivity contribution in [3.8, 4) is 17.0 Å². The van der Waals surface area contributed by atoms with Gasteiger partial charge in [0, 0.05) is 34.6 Å². The highest BCUT2D eigenvalue weighted by Crippen LogP contribution is 2.37. The molecular formula is C27H31N3O2S. The molecule has 0 bridgehead atoms. The third-order valence-electron chi connectivity index (χ3n) is 6.21. The Balaban J connectivity index is 1.54. The van der Waals surface area contributed by atoms with Crippen LogP contribution in [-0.4, -0.2) is 22.6 Å². The Labute approximate surface area is 199 Å². The van der Waals surface area contributed by atoms with E-state index >= 15 is 0 Å². The van der Waals surface area contributed by atoms with Gasteiger partial charge in [0.05, 0.1) is 18.7 Å². The van der Waals surface area contributed by atoms with E-state index in [-0.39, 0.29) is 11.8 Å². The molecule has 0 spiro atoms. The number of carbonyl (C=O) groups excluding carboxylic acids is 1. The number of rotatable bonds is 7. The lowest BCUT2D eigenvalue weighted by molar-refractivity contribution is -0.117. The third kappa shape index (κ3) is 4.67. The van der Waals surface area contributed by atoms with Gasteiger partial charge >= 0.3 is 0 Å². The maximum atomic E-state index is 12.9. The number of anilines is 1. The van der Waals surface area contributed by atoms with Crippen LogP contribution in [0.15, 0.2) is 47.8 Å². The van der Waals surface area contributed by atoms with Gasteiger partial charge in [0.25, 0.3) is 0 Å². The summed E-state index contributed by atoms with van der Waals surface area (Å²) in [7, 11) is 3.73. The minimum absolute atomic E-state index is 0.0520. The van der Waals surface area contributed by atoms with Crippen molar-refractivity contribution in [3.05, 3.63) is 64.7 Å². The molecule has 172 valence electrons. The molecule has 5 nitrogen and oxygen atoms in total. The molecule has 1 N–H and O–H groups in total. The molecule has 0 saturated carbocycles. The van der Waals surface area contributed by atoms with Gasteiger partial charge in [-0.1, -0.05) is 38.1 Å². The molecule has 2 heterocycles. The van der Waals surface area contributed by atoms with Gasteiger partial charge in [-0.25, -0.2) is 4.98 Å². The summed E-state index contributed by atoms with van der Waals surface area (Å²) in [6, 6.07) is 14.4. The summed E-state index contributed by atoms with van der Waals surface area (Å²) < 4.78 is 7.59. The van der Waals surface area contributed by atoms with Crippen molar-refractivity contribution in [2.75, 3.05) is 12.4 Å². The number of benzene rings is 2. The molecule has 4 aromatic rings. The fourth-order valence-electron chi connectivity index (χ4n) is 4.23. The highest BCUT2D eigenvalue weighted by molar-refractivity contribution is 7.14. The third-order valence-corrected chi connectivity index (χ3v) is 6.96. The maximum Gasteiger partial charge on any atom is 0.233 e. The molecule has 0 radical (unpaired) electrons. The van der Waals surface area contributed by atoms with Crippen LogP contribution in [0.5, 0.6) is 5.75 Å². The minimum Gasteiger partial charge on any atom is -0.497 e. The molecule has 6 heteroatoms. The zero-order valence-corrected chi connectivity index (χ0v) is 20.9. The molecule has 4 rings (SSSR count). The Bertz CT molecular complexity index is 1280. The SMILES string of the molecule is COc1ccc2c(c1)c(-c1csc(NC(=O)[C@@H](C)c3ccc(CC(C)C)cc3)n1)c(C)n2C. The second-order valence-corrected chi connectivity index (χ2v) is 9.85. The number of fused-ring (bicyclic) bond motifs is 1. The predicted octanol–water partition coefficient (Wildman–Crippen LogP) is 6.56. The molecule has 0 unspecified atom stereocenters. The quantitative estimate of drug-likeness (QED) is 0.339. The van der Waals surface area contributed by atoms with Crippen LogP contribution in [0.1, 0.15) is 43.5 Å². The first kappa shape index (κ1) is 23.1. The molecule has 0 aliphatic heterocycles. The summed E-state index contributed by atoms with van der Waals surface area (Å²) in [6.45, 7) is 8.44. The van der Waals surface area contributed by atoms with Gasteiger partial charge in [0.1, 0.15) is 5.75 Å². The molecule has 0 fully saturated rings. The standard InChI is InChI=1S/C27H31N3O2S/c1-16(2)13-19-7-9-20(10-8-19)17(3)26(31)29-27-28-23(15-33-27)25-18(4)30(5)24-12-11-21(32-6)14-22(24)25/h7-12,14-17H,13H2,1-6H3,(H,28,29,31)/t17-/m0/s1. The number of hydrogen-bond acceptors (Lipinski definition) is 4. The highest BCUT2D eigenvalue weighted by atomic mass is 32.1. The number of carbonyl (C=O) groups is 1. The second kappa shape index (κ2) is 9.40. The number of nitrogens with one attached hydrogen (secondary N) is 1. The van der Waals surface area contributed by atoms with Gasteiger partial charge in [-0.15, -0.1) is 11.3 Å². The van der Waals surface area contributed by atoms with E-state index in [4.69, 9.17) is 9.72 Å². The van der Waals surface area contributed by atoms with Crippen molar-refractivity contribution >= 4 is 33.3 Å². The number of ether oxygens (including phenoxy) is 1. The van der Waals surface area contributed by atoms with Gasteiger partial charge in [0.2, 0.25) is 5.91 Å². The van der Waals surface area contributed by atoms with Crippen LogP contribution < -0.4 is 10.1 Å². The molecule has 1 atom stereocenters. The summed E-state index contributed by atoms with van der Waals surface area (Å²) in [4.78, 5) is 17.7. The highest BCUT2D eigenvalue weighted by Gasteiger charge is 2.20. The number of thiazole rings is 1. The van der Waals surface area contributed by atoms with Crippen molar-refractivity contribution < 1.29 is 9.53 Å². The molecule has 2 aromatic carbocycles. The molecule has 33 heavy (non-hydrogen) atoms. The minimum atomic E-state index is -0.256. The van der Waals surface area contributed by atoms with Gasteiger partial charge in [-0.05, 0) is 55.5 Å². The molecular weight excluding hydrogens is 430 g/mol. The Morgan fingerprint density at radius 2 is 1.88 bits per heavy atom. The molecule has 1 amide bonds. The Morgan fingerprint density at radius 3 is 2.55 bits per heavy atom. The number of methoxy groups -OCH3 is 1. The fraction of sp³-hybridized carbons (Fsp3) is 0.333. The lowest BCUT2D eigenvalue weighted by Crippen LogP contribution is -2.18. The fourth-order valence-corrected chi connectivity index (χ4v) is 4.93. The smallest absolute Gasteiger partial charge is 0.233 e. The Kier molecular flexibility index (Phi) is 6.56. The lowest BCUT2D eigenvalue weighted by Gasteiger charge is -2.12. The van der Waals surface area contributed by atoms with Crippen LogP contribution in [0.4, 0.5) is 5.13 Å². The zero-order chi connectivity index (χ0) is 23.7. The molecule has 0 aliphatic carbocycles. The molecule has 0 aliphatic rings. The summed E-state index contributed by atoms with van der Waals surface area (Å²) >= 11 is 1.45. The van der Waals surface area contributed by atoms with Crippen molar-refractivity contribution in [2.24, 2.45) is 13.0 Å². The van der Waals surface area contributed by atoms with Gasteiger partial charge in [-0.3, -0.25) is 4.79 Å². The number of nitrogens with zero attached hydrogens (tertiary/aromatic N) is 2. The normalized spacial score (nSPS) is 12.3. The first-order valence-electron chi connectivity index (χ1n) is 11.3. The monoisotopic (exact) mass is 461 g/mol. The summed E-state index contributed by atoms with van der Waals surface area (Å²) in [5, 5.41) is 6.71. The first-order chi connectivity index (χ1) is 15.8. The zero-order valence-electron chi connectivity index (χ0n) is 20.1. The van der Waals surface area contributed by atoms with E-state index in [1.807, 2.05) is 24.4 Å². The van der Waals surface area contributed by atoms with Crippen LogP contribution in [0.25, 0.3) is 22.2 Å². The van der Waals surface area contributed by atoms with E-state index in [2.05, 4.69) is 68.0 Å². The van der Waals surface area contributed by atoms with Gasteiger partial charge in [0.15, 0.2) is 5.13 Å². The van der Waals surface area contributed by atoms with E-state index < -0.39 is 0 Å². The van der Waals surface area contributed by atoms with Crippen molar-refractivity contribution in [1.82, 2.24) is 9.55 Å². The lowest BCUT2D eigenvalue weighted by atomic mass is 9.96. The van der Waals surface area contributed by atoms with E-state index in [0.29, 0.717) is 11.0 Å². The van der Waals surface area contributed by atoms with Crippen LogP contribution in [0.2, 0.25) is 0 Å². The summed E-state index contributed by atoms with van der Waals surface area (Å²) in [5.41, 5.74) is 6.48. The van der Waals surface area contributed by atoms with Gasteiger partial charge in [-0.2, -0.15) is 0 Å². The second-order valence-electron chi connectivity index (χ2n) is 8.99. The predicted molar refractivity (Wildman–Crippen MR) is 137 cm³/mol. The molecule has 2 aromatic heterocycles. The van der Waals surface area contributed by atoms with E-state index in [1.165, 1.54) is 16.9 Å². The Hall–Kier alpha value is -3.12. The van der Waals surface area contributed by atoms with Crippen LogP contribution in [0.3, 0.4) is 0 Å². The first-order valence-corrected chi connectivity index (χ1v) is 12.1. The van der Waals surface area contributed by atoms with Crippen LogP contribution >= 0.6 is 11.3 Å². The van der Waals surface area contributed by atoms with Crippen molar-refractivity contribution in [2.45, 2.75) is 40.0 Å². The summed E-state index contributed by atoms with van der Waals surface area (Å²) in [6.07, 6.45) is 1.04. The average Bonchev–Trinajstić information content (AvgIpc) is 3.35. The van der Waals surface area contributed by atoms with E-state index in [9.17, 15) is 4.79 Å². The van der Waals surface area contributed by atoms with E-state index in [1.54, 1.807) is 7.11 Å². The number of hydrogen-bond donors (Lipinski definition) is 1. The van der Waals surface area contributed by atoms with Crippen molar-refractivity contribution in [3.63, 3.8) is 0 Å². The number of aryl methyl sites for hydroxylation is 1. The summed E-state index contributed by atoms with van der Waals surface area (Å²) in [5.74, 6) is 1.12. The number of aromatic nitrogens is 2. The Morgan fingerprint density at radius 1 is 1.15 bits per heavy atom. The van der Waals surface area contributed by atoms with Crippen LogP contribution in [-0.2, 0) is 18.3 Å². The largest absolute Gasteiger partial charge is 0.497 e. The maximum absolute atomic E-state index is 12.9.